The Hall–Kier alpha value is -2.94. The second kappa shape index (κ2) is 28.0. The molecule has 0 bridgehead atoms. The molecule has 12 nitrogen and oxygen atoms in total. The summed E-state index contributed by atoms with van der Waals surface area (Å²) in [6, 6.07) is 19.9. The molecule has 270 valence electrons. The van der Waals surface area contributed by atoms with E-state index in [1.54, 1.807) is 0 Å². The number of rotatable bonds is 33. The molecular weight excluding hydrogens is 624 g/mol. The van der Waals surface area contributed by atoms with E-state index in [1.807, 2.05) is 60.7 Å². The van der Waals surface area contributed by atoms with Gasteiger partial charge in [0, 0.05) is 19.6 Å². The van der Waals surface area contributed by atoms with Crippen molar-refractivity contribution in [3.05, 3.63) is 71.8 Å². The average Bonchev–Trinajstić information content (AvgIpc) is 3.09. The van der Waals surface area contributed by atoms with E-state index >= 15 is 0 Å². The molecule has 2 aromatic rings. The Labute approximate surface area is 284 Å². The summed E-state index contributed by atoms with van der Waals surface area (Å²) in [7, 11) is 0. The third kappa shape index (κ3) is 21.1. The second-order valence-corrected chi connectivity index (χ2v) is 11.1. The topological polar surface area (TPSA) is 148 Å². The molecule has 0 aromatic heterocycles. The van der Waals surface area contributed by atoms with Crippen LogP contribution >= 0.6 is 0 Å². The third-order valence-corrected chi connectivity index (χ3v) is 7.40. The molecule has 0 saturated carbocycles. The van der Waals surface area contributed by atoms with Gasteiger partial charge >= 0.3 is 11.9 Å². The Morgan fingerprint density at radius 3 is 1.12 bits per heavy atom. The molecule has 0 fully saturated rings. The van der Waals surface area contributed by atoms with Crippen LogP contribution in [0.3, 0.4) is 0 Å². The highest BCUT2D eigenvalue weighted by Gasteiger charge is 2.37. The Bertz CT molecular complexity index is 988. The predicted molar refractivity (Wildman–Crippen MR) is 178 cm³/mol. The molecule has 2 N–H and O–H groups in total. The van der Waals surface area contributed by atoms with Crippen LogP contribution in [0.15, 0.2) is 60.7 Å². The predicted octanol–water partition coefficient (Wildman–Crippen LogP) is 4.63. The van der Waals surface area contributed by atoms with Gasteiger partial charge in [-0.15, -0.1) is 0 Å². The van der Waals surface area contributed by atoms with Crippen molar-refractivity contribution >= 4 is 11.9 Å². The maximum absolute atomic E-state index is 12.4. The maximum atomic E-state index is 12.4. The van der Waals surface area contributed by atoms with Crippen molar-refractivity contribution in [1.29, 1.82) is 0 Å². The lowest BCUT2D eigenvalue weighted by atomic mass is 9.77. The molecule has 2 aromatic carbocycles. The minimum Gasteiger partial charge on any atom is -0.481 e. The number of carboxylic acid groups (broad SMARTS) is 2. The fourth-order valence-corrected chi connectivity index (χ4v) is 4.66. The number of hydrogen-bond donors (Lipinski definition) is 2. The summed E-state index contributed by atoms with van der Waals surface area (Å²) in [6.07, 6.45) is 0.844. The molecule has 0 radical (unpaired) electrons. The first-order chi connectivity index (χ1) is 23.5. The molecule has 0 spiro atoms. The quantitative estimate of drug-likeness (QED) is 0.101. The van der Waals surface area contributed by atoms with Crippen LogP contribution in [-0.4, -0.2) is 115 Å². The van der Waals surface area contributed by atoms with Gasteiger partial charge in [0.25, 0.3) is 0 Å². The molecule has 0 amide bonds. The molecule has 0 unspecified atom stereocenters. The zero-order valence-electron chi connectivity index (χ0n) is 28.1. The lowest BCUT2D eigenvalue weighted by Gasteiger charge is -2.29. The van der Waals surface area contributed by atoms with Crippen molar-refractivity contribution in [1.82, 2.24) is 0 Å². The monoisotopic (exact) mass is 678 g/mol. The molecule has 0 aliphatic rings. The number of hydrogen-bond acceptors (Lipinski definition) is 10. The molecule has 12 heteroatoms. The highest BCUT2D eigenvalue weighted by atomic mass is 16.6. The minimum absolute atomic E-state index is 0.0964. The van der Waals surface area contributed by atoms with E-state index in [1.165, 1.54) is 0 Å². The molecule has 2 rings (SSSR count). The molecular formula is C36H54O12. The highest BCUT2D eigenvalue weighted by Crippen LogP contribution is 2.34. The molecule has 48 heavy (non-hydrogen) atoms. The van der Waals surface area contributed by atoms with E-state index in [9.17, 15) is 14.7 Å². The van der Waals surface area contributed by atoms with E-state index in [2.05, 4.69) is 0 Å². The van der Waals surface area contributed by atoms with E-state index in [-0.39, 0.29) is 45.3 Å². The Morgan fingerprint density at radius 2 is 0.792 bits per heavy atom. The first-order valence-electron chi connectivity index (χ1n) is 16.7. The fourth-order valence-electron chi connectivity index (χ4n) is 4.66. The smallest absolute Gasteiger partial charge is 0.309 e. The number of carbonyl (C=O) groups is 2. The van der Waals surface area contributed by atoms with Crippen LogP contribution < -0.4 is 0 Å². The van der Waals surface area contributed by atoms with E-state index in [4.69, 9.17) is 43.0 Å². The lowest BCUT2D eigenvalue weighted by molar-refractivity contribution is -0.153. The average molecular weight is 679 g/mol. The van der Waals surface area contributed by atoms with Gasteiger partial charge in [-0.05, 0) is 36.8 Å². The third-order valence-electron chi connectivity index (χ3n) is 7.40. The van der Waals surface area contributed by atoms with Crippen molar-refractivity contribution in [2.75, 3.05) is 92.5 Å². The summed E-state index contributed by atoms with van der Waals surface area (Å²) >= 11 is 0. The van der Waals surface area contributed by atoms with Crippen molar-refractivity contribution in [3.8, 4) is 0 Å². The van der Waals surface area contributed by atoms with Crippen LogP contribution in [0.25, 0.3) is 0 Å². The minimum atomic E-state index is -1.15. The molecule has 0 atom stereocenters. The summed E-state index contributed by atoms with van der Waals surface area (Å²) in [4.78, 5) is 23.4. The van der Waals surface area contributed by atoms with Crippen molar-refractivity contribution in [2.45, 2.75) is 45.3 Å². The molecule has 0 saturated heterocycles. The van der Waals surface area contributed by atoms with Gasteiger partial charge in [0.15, 0.2) is 0 Å². The van der Waals surface area contributed by atoms with E-state index in [0.29, 0.717) is 92.5 Å². The van der Waals surface area contributed by atoms with Crippen molar-refractivity contribution in [2.24, 2.45) is 5.41 Å². The Kier molecular flexibility index (Phi) is 24.0. The van der Waals surface area contributed by atoms with Crippen LogP contribution in [0.2, 0.25) is 0 Å². The van der Waals surface area contributed by atoms with Gasteiger partial charge in [0.2, 0.25) is 0 Å². The Balaban J connectivity index is 1.49. The lowest BCUT2D eigenvalue weighted by Crippen LogP contribution is -2.34. The van der Waals surface area contributed by atoms with Crippen LogP contribution in [-0.2, 0) is 60.7 Å². The van der Waals surface area contributed by atoms with Gasteiger partial charge in [0.1, 0.15) is 0 Å². The number of ether oxygens (including phenoxy) is 8. The van der Waals surface area contributed by atoms with E-state index in [0.717, 1.165) is 11.1 Å². The maximum Gasteiger partial charge on any atom is 0.309 e. The van der Waals surface area contributed by atoms with Crippen LogP contribution in [0.5, 0.6) is 0 Å². The zero-order chi connectivity index (χ0) is 34.4. The van der Waals surface area contributed by atoms with Crippen molar-refractivity contribution < 1.29 is 57.7 Å². The summed E-state index contributed by atoms with van der Waals surface area (Å²) in [5, 5.41) is 19.2. The van der Waals surface area contributed by atoms with Gasteiger partial charge in [0.05, 0.1) is 97.9 Å². The number of benzene rings is 2. The molecule has 0 heterocycles. The van der Waals surface area contributed by atoms with Crippen molar-refractivity contribution in [3.63, 3.8) is 0 Å². The van der Waals surface area contributed by atoms with Gasteiger partial charge in [-0.3, -0.25) is 9.59 Å². The molecule has 0 aliphatic carbocycles. The number of aliphatic carboxylic acids is 2. The van der Waals surface area contributed by atoms with Crippen LogP contribution in [0.4, 0.5) is 0 Å². The summed E-state index contributed by atoms with van der Waals surface area (Å²) in [5.74, 6) is -1.94. The SMILES string of the molecule is O=C(O)CCCC(CCOCCOCCOCCOCc1ccccc1)(CCOCCOCCOCCOCc1ccccc1)C(=O)O. The van der Waals surface area contributed by atoms with Crippen LogP contribution in [0, 0.1) is 5.41 Å². The number of carboxylic acids is 2. The fraction of sp³-hybridized carbons (Fsp3) is 0.611. The largest absolute Gasteiger partial charge is 0.481 e. The Morgan fingerprint density at radius 1 is 0.458 bits per heavy atom. The normalized spacial score (nSPS) is 11.6. The standard InChI is InChI=1S/C36H54O12/c37-34(38)12-7-13-36(35(39)40,14-16-41-18-20-43-22-24-45-26-28-47-30-32-8-3-1-4-9-32)15-17-42-19-21-44-23-25-46-27-29-48-31-33-10-5-2-6-11-33/h1-6,8-11H,7,12-31H2,(H,37,38)(H,39,40). The van der Waals surface area contributed by atoms with E-state index < -0.39 is 17.4 Å². The second-order valence-electron chi connectivity index (χ2n) is 11.1. The van der Waals surface area contributed by atoms with Crippen LogP contribution in [0.1, 0.15) is 43.2 Å². The zero-order valence-corrected chi connectivity index (χ0v) is 28.1. The summed E-state index contributed by atoms with van der Waals surface area (Å²) < 4.78 is 44.5. The first kappa shape index (κ1) is 41.2. The molecule has 0 aliphatic heterocycles. The van der Waals surface area contributed by atoms with Gasteiger partial charge in [-0.2, -0.15) is 0 Å². The van der Waals surface area contributed by atoms with Gasteiger partial charge < -0.3 is 48.1 Å². The van der Waals surface area contributed by atoms with Gasteiger partial charge in [-0.1, -0.05) is 60.7 Å². The summed E-state index contributed by atoms with van der Waals surface area (Å²) in [5.41, 5.74) is 1.09. The highest BCUT2D eigenvalue weighted by molar-refractivity contribution is 5.74. The first-order valence-corrected chi connectivity index (χ1v) is 16.7. The van der Waals surface area contributed by atoms with Gasteiger partial charge in [-0.25, -0.2) is 0 Å². The summed E-state index contributed by atoms with van der Waals surface area (Å²) in [6.45, 7) is 6.47.